The molecule has 0 saturated heterocycles. The number of hydrogen-bond acceptors (Lipinski definition) is 7. The third kappa shape index (κ3) is 5.55. The summed E-state index contributed by atoms with van der Waals surface area (Å²) in [7, 11) is 0. The van der Waals surface area contributed by atoms with Gasteiger partial charge < -0.3 is 10.2 Å². The molecule has 1 atom stereocenters. The number of benzene rings is 2. The summed E-state index contributed by atoms with van der Waals surface area (Å²) in [6, 6.07) is 16.0. The van der Waals surface area contributed by atoms with E-state index in [0.29, 0.717) is 21.7 Å². The summed E-state index contributed by atoms with van der Waals surface area (Å²) in [5, 5.41) is 20.0. The van der Waals surface area contributed by atoms with Crippen LogP contribution in [-0.4, -0.2) is 27.9 Å². The minimum absolute atomic E-state index is 0.113. The van der Waals surface area contributed by atoms with Crippen LogP contribution in [0.3, 0.4) is 0 Å². The number of nitriles is 1. The summed E-state index contributed by atoms with van der Waals surface area (Å²) in [5.41, 5.74) is 2.17. The van der Waals surface area contributed by atoms with Gasteiger partial charge in [0.2, 0.25) is 11.0 Å². The maximum Gasteiger partial charge on any atom is 0.240 e. The van der Waals surface area contributed by atoms with Gasteiger partial charge in [-0.1, -0.05) is 52.9 Å². The van der Waals surface area contributed by atoms with Gasteiger partial charge in [-0.15, -0.1) is 10.2 Å². The Hall–Kier alpha value is -2.96. The minimum atomic E-state index is -0.431. The number of hydrogen-bond donors (Lipinski definition) is 1. The molecule has 3 aromatic rings. The van der Waals surface area contributed by atoms with E-state index in [4.69, 9.17) is 5.26 Å². The molecule has 1 heterocycles. The van der Waals surface area contributed by atoms with Crippen molar-refractivity contribution in [2.75, 3.05) is 16.8 Å². The van der Waals surface area contributed by atoms with Crippen LogP contribution in [0.2, 0.25) is 0 Å². The Morgan fingerprint density at radius 2 is 2.00 bits per heavy atom. The maximum atomic E-state index is 13.8. The van der Waals surface area contributed by atoms with Crippen LogP contribution in [0.5, 0.6) is 0 Å². The minimum Gasteiger partial charge on any atom is -0.328 e. The van der Waals surface area contributed by atoms with E-state index in [0.717, 1.165) is 11.3 Å². The first kappa shape index (κ1) is 21.7. The molecule has 0 bridgehead atoms. The Morgan fingerprint density at radius 1 is 1.27 bits per heavy atom. The monoisotopic (exact) mass is 441 g/mol. The Bertz CT molecular complexity index is 1050. The van der Waals surface area contributed by atoms with E-state index in [-0.39, 0.29) is 18.1 Å². The van der Waals surface area contributed by atoms with Crippen molar-refractivity contribution in [2.24, 2.45) is 0 Å². The highest BCUT2D eigenvalue weighted by atomic mass is 32.2. The number of aromatic nitrogens is 2. The molecule has 0 aliphatic heterocycles. The molecule has 1 amide bonds. The number of rotatable bonds is 8. The van der Waals surface area contributed by atoms with Crippen LogP contribution in [0.25, 0.3) is 0 Å². The molecule has 2 aromatic carbocycles. The smallest absolute Gasteiger partial charge is 0.240 e. The molecular weight excluding hydrogens is 421 g/mol. The number of thioether (sulfide) groups is 1. The van der Waals surface area contributed by atoms with E-state index in [1.165, 1.54) is 29.2 Å². The first-order valence-electron chi connectivity index (χ1n) is 9.24. The molecule has 0 radical (unpaired) electrons. The second-order valence-corrected chi connectivity index (χ2v) is 9.04. The molecule has 0 aliphatic rings. The molecule has 9 heteroatoms. The number of nitrogens with zero attached hydrogens (tertiary/aromatic N) is 4. The molecule has 30 heavy (non-hydrogen) atoms. The lowest BCUT2D eigenvalue weighted by atomic mass is 10.2. The fourth-order valence-corrected chi connectivity index (χ4v) is 4.63. The average Bonchev–Trinajstić information content (AvgIpc) is 3.17. The van der Waals surface area contributed by atoms with E-state index < -0.39 is 5.25 Å². The van der Waals surface area contributed by atoms with Crippen LogP contribution in [0.1, 0.15) is 18.9 Å². The van der Waals surface area contributed by atoms with Crippen molar-refractivity contribution in [3.05, 3.63) is 59.9 Å². The third-order valence-corrected chi connectivity index (χ3v) is 6.22. The van der Waals surface area contributed by atoms with Crippen molar-refractivity contribution < 1.29 is 9.18 Å². The van der Waals surface area contributed by atoms with Gasteiger partial charge in [0.05, 0.1) is 23.4 Å². The Kier molecular flexibility index (Phi) is 7.38. The van der Waals surface area contributed by atoms with Crippen LogP contribution in [-0.2, 0) is 4.79 Å². The van der Waals surface area contributed by atoms with E-state index in [1.807, 2.05) is 31.2 Å². The highest BCUT2D eigenvalue weighted by molar-refractivity contribution is 8.02. The molecule has 0 aliphatic carbocycles. The first-order chi connectivity index (χ1) is 14.5. The number of carbonyl (C=O) groups is 1. The highest BCUT2D eigenvalue weighted by Crippen LogP contribution is 2.32. The van der Waals surface area contributed by atoms with E-state index in [2.05, 4.69) is 21.6 Å². The van der Waals surface area contributed by atoms with E-state index in [1.54, 1.807) is 30.0 Å². The van der Waals surface area contributed by atoms with Crippen molar-refractivity contribution in [1.82, 2.24) is 10.2 Å². The molecule has 0 fully saturated rings. The molecule has 154 valence electrons. The van der Waals surface area contributed by atoms with Gasteiger partial charge in [-0.05, 0) is 38.1 Å². The summed E-state index contributed by atoms with van der Waals surface area (Å²) in [4.78, 5) is 14.7. The number of halogens is 1. The molecule has 0 spiro atoms. The fraction of sp³-hybridized carbons (Fsp3) is 0.238. The predicted octanol–water partition coefficient (Wildman–Crippen LogP) is 5.16. The van der Waals surface area contributed by atoms with Gasteiger partial charge in [0.15, 0.2) is 4.34 Å². The van der Waals surface area contributed by atoms with Crippen molar-refractivity contribution in [2.45, 2.75) is 29.9 Å². The lowest BCUT2D eigenvalue weighted by Crippen LogP contribution is -2.37. The number of para-hydroxylation sites is 1. The number of carbonyl (C=O) groups excluding carboxylic acids is 1. The highest BCUT2D eigenvalue weighted by Gasteiger charge is 2.24. The lowest BCUT2D eigenvalue weighted by Gasteiger charge is -2.24. The van der Waals surface area contributed by atoms with Crippen LogP contribution in [0, 0.1) is 24.1 Å². The SMILES string of the molecule is Cc1ccc(N(CCC#N)C(=O)C(C)Sc2nnc(Nc3ccccc3F)s2)cc1. The summed E-state index contributed by atoms with van der Waals surface area (Å²) in [6.45, 7) is 4.09. The number of amides is 1. The van der Waals surface area contributed by atoms with Crippen molar-refractivity contribution in [1.29, 1.82) is 5.26 Å². The van der Waals surface area contributed by atoms with E-state index in [9.17, 15) is 9.18 Å². The van der Waals surface area contributed by atoms with Gasteiger partial charge in [0.25, 0.3) is 0 Å². The zero-order chi connectivity index (χ0) is 21.5. The molecule has 1 N–H and O–H groups in total. The lowest BCUT2D eigenvalue weighted by molar-refractivity contribution is -0.117. The van der Waals surface area contributed by atoms with Gasteiger partial charge in [-0.3, -0.25) is 4.79 Å². The number of aryl methyl sites for hydroxylation is 1. The Labute approximate surface area is 182 Å². The summed E-state index contributed by atoms with van der Waals surface area (Å²) in [6.07, 6.45) is 0.243. The maximum absolute atomic E-state index is 13.8. The van der Waals surface area contributed by atoms with E-state index >= 15 is 0 Å². The van der Waals surface area contributed by atoms with Crippen molar-refractivity contribution >= 4 is 45.5 Å². The first-order valence-corrected chi connectivity index (χ1v) is 10.9. The van der Waals surface area contributed by atoms with Crippen molar-refractivity contribution in [3.8, 4) is 6.07 Å². The zero-order valence-corrected chi connectivity index (χ0v) is 18.1. The van der Waals surface area contributed by atoms with Crippen LogP contribution in [0.4, 0.5) is 20.9 Å². The summed E-state index contributed by atoms with van der Waals surface area (Å²) in [5.74, 6) is -0.491. The van der Waals surface area contributed by atoms with Crippen LogP contribution >= 0.6 is 23.1 Å². The molecule has 3 rings (SSSR count). The molecule has 6 nitrogen and oxygen atoms in total. The molecular formula is C21H20FN5OS2. The molecule has 0 saturated carbocycles. The largest absolute Gasteiger partial charge is 0.328 e. The topological polar surface area (TPSA) is 81.9 Å². The van der Waals surface area contributed by atoms with Crippen LogP contribution < -0.4 is 10.2 Å². The van der Waals surface area contributed by atoms with Gasteiger partial charge in [-0.25, -0.2) is 4.39 Å². The van der Waals surface area contributed by atoms with Crippen LogP contribution in [0.15, 0.2) is 52.9 Å². The van der Waals surface area contributed by atoms with Gasteiger partial charge in [-0.2, -0.15) is 5.26 Å². The van der Waals surface area contributed by atoms with Gasteiger partial charge >= 0.3 is 0 Å². The average molecular weight is 442 g/mol. The summed E-state index contributed by atoms with van der Waals surface area (Å²) < 4.78 is 14.4. The van der Waals surface area contributed by atoms with Crippen molar-refractivity contribution in [3.63, 3.8) is 0 Å². The Morgan fingerprint density at radius 3 is 2.70 bits per heavy atom. The Balaban J connectivity index is 1.69. The molecule has 1 unspecified atom stereocenters. The third-order valence-electron chi connectivity index (χ3n) is 4.21. The second-order valence-electron chi connectivity index (χ2n) is 6.47. The second kappa shape index (κ2) is 10.2. The summed E-state index contributed by atoms with van der Waals surface area (Å²) >= 11 is 2.53. The number of nitrogens with one attached hydrogen (secondary N) is 1. The predicted molar refractivity (Wildman–Crippen MR) is 119 cm³/mol. The van der Waals surface area contributed by atoms with Gasteiger partial charge in [0.1, 0.15) is 5.82 Å². The quantitative estimate of drug-likeness (QED) is 0.487. The molecule has 1 aromatic heterocycles. The normalized spacial score (nSPS) is 11.5. The standard InChI is InChI=1S/C21H20FN5OS2/c1-14-8-10-16(11-9-14)27(13-5-12-23)19(28)15(2)29-21-26-25-20(30-21)24-18-7-4-3-6-17(18)22/h3-4,6-11,15H,5,13H2,1-2H3,(H,24,25). The fourth-order valence-electron chi connectivity index (χ4n) is 2.66. The zero-order valence-electron chi connectivity index (χ0n) is 16.5. The number of anilines is 3. The van der Waals surface area contributed by atoms with Gasteiger partial charge in [0, 0.05) is 12.2 Å².